The van der Waals surface area contributed by atoms with Gasteiger partial charge >= 0.3 is 12.1 Å². The van der Waals surface area contributed by atoms with Crippen molar-refractivity contribution >= 4 is 12.1 Å². The molecule has 0 aliphatic heterocycles. The molecule has 0 saturated heterocycles. The molecule has 0 aromatic heterocycles. The van der Waals surface area contributed by atoms with Gasteiger partial charge in [-0.15, -0.1) is 5.01 Å². The fourth-order valence-corrected chi connectivity index (χ4v) is 2.63. The van der Waals surface area contributed by atoms with E-state index in [-0.39, 0.29) is 19.3 Å². The van der Waals surface area contributed by atoms with Crippen LogP contribution in [0.4, 0.5) is 4.79 Å². The predicted molar refractivity (Wildman–Crippen MR) is 95.3 cm³/mol. The van der Waals surface area contributed by atoms with Crippen LogP contribution in [0.5, 0.6) is 0 Å². The van der Waals surface area contributed by atoms with Crippen molar-refractivity contribution < 1.29 is 34.0 Å². The lowest BCUT2D eigenvalue weighted by Gasteiger charge is -2.27. The zero-order valence-corrected chi connectivity index (χ0v) is 17.0. The van der Waals surface area contributed by atoms with E-state index in [0.717, 1.165) is 0 Å². The third kappa shape index (κ3) is 8.42. The molecular weight excluding hydrogens is 358 g/mol. The van der Waals surface area contributed by atoms with Crippen LogP contribution in [0.25, 0.3) is 0 Å². The SMILES string of the molecule is CC(C)(C)OC(=O)OCCN([N+](=O)NO[C@@H]1CC[C@H](C(=O)O)C1)C(C)(C)C. The van der Waals surface area contributed by atoms with Crippen LogP contribution in [-0.2, 0) is 19.1 Å². The zero-order chi connectivity index (χ0) is 20.8. The number of hydrazine groups is 2. The number of carboxylic acid groups (broad SMARTS) is 1. The minimum atomic E-state index is -0.851. The Labute approximate surface area is 159 Å². The largest absolute Gasteiger partial charge is 0.508 e. The number of carbonyl (C=O) groups excluding carboxylic acids is 1. The summed E-state index contributed by atoms with van der Waals surface area (Å²) >= 11 is 0. The van der Waals surface area contributed by atoms with E-state index >= 15 is 0 Å². The summed E-state index contributed by atoms with van der Waals surface area (Å²) in [5, 5.41) is 10.4. The highest BCUT2D eigenvalue weighted by Crippen LogP contribution is 2.27. The van der Waals surface area contributed by atoms with Gasteiger partial charge in [0.15, 0.2) is 0 Å². The Kier molecular flexibility index (Phi) is 7.82. The first-order valence-corrected chi connectivity index (χ1v) is 9.04. The maximum absolute atomic E-state index is 12.4. The van der Waals surface area contributed by atoms with Crippen molar-refractivity contribution in [2.75, 3.05) is 13.2 Å². The van der Waals surface area contributed by atoms with Crippen LogP contribution in [0, 0.1) is 10.8 Å². The van der Waals surface area contributed by atoms with Gasteiger partial charge in [0.05, 0.1) is 22.5 Å². The van der Waals surface area contributed by atoms with E-state index in [1.54, 1.807) is 20.8 Å². The summed E-state index contributed by atoms with van der Waals surface area (Å²) in [5.74, 6) is -1.30. The summed E-state index contributed by atoms with van der Waals surface area (Å²) in [6.45, 7) is 10.7. The molecule has 0 radical (unpaired) electrons. The van der Waals surface area contributed by atoms with Crippen LogP contribution in [0.3, 0.4) is 0 Å². The number of ether oxygens (including phenoxy) is 2. The first kappa shape index (κ1) is 22.9. The smallest absolute Gasteiger partial charge is 0.481 e. The number of carboxylic acids is 1. The van der Waals surface area contributed by atoms with Gasteiger partial charge in [-0.2, -0.15) is 0 Å². The fraction of sp³-hybridized carbons (Fsp3) is 0.882. The normalized spacial score (nSPS) is 20.1. The number of carbonyl (C=O) groups is 2. The number of nitroso groups, excluding NO2 is 1. The highest BCUT2D eigenvalue weighted by atomic mass is 16.7. The molecule has 0 bridgehead atoms. The first-order chi connectivity index (χ1) is 12.3. The average molecular weight is 390 g/mol. The second-order valence-electron chi connectivity index (χ2n) is 8.56. The van der Waals surface area contributed by atoms with Crippen molar-refractivity contribution in [1.29, 1.82) is 0 Å². The molecule has 1 aliphatic carbocycles. The Morgan fingerprint density at radius 1 is 1.19 bits per heavy atom. The molecule has 2 atom stereocenters. The molecule has 0 heterocycles. The number of nitrogens with zero attached hydrogens (tertiary/aromatic N) is 2. The minimum Gasteiger partial charge on any atom is -0.481 e. The molecule has 1 saturated carbocycles. The predicted octanol–water partition coefficient (Wildman–Crippen LogP) is 2.42. The van der Waals surface area contributed by atoms with Crippen LogP contribution < -0.4 is 5.59 Å². The first-order valence-electron chi connectivity index (χ1n) is 9.04. The molecule has 1 rings (SSSR count). The minimum absolute atomic E-state index is 0.0445. The summed E-state index contributed by atoms with van der Waals surface area (Å²) in [5.41, 5.74) is 1.07. The van der Waals surface area contributed by atoms with Crippen LogP contribution in [0.15, 0.2) is 0 Å². The van der Waals surface area contributed by atoms with Crippen molar-refractivity contribution in [3.8, 4) is 0 Å². The Morgan fingerprint density at radius 3 is 2.30 bits per heavy atom. The van der Waals surface area contributed by atoms with Gasteiger partial charge in [0, 0.05) is 5.59 Å². The van der Waals surface area contributed by atoms with Crippen molar-refractivity contribution in [3.63, 3.8) is 0 Å². The van der Waals surface area contributed by atoms with Gasteiger partial charge in [-0.05, 0) is 60.8 Å². The number of rotatable bonds is 8. The van der Waals surface area contributed by atoms with E-state index in [1.807, 2.05) is 20.8 Å². The van der Waals surface area contributed by atoms with Crippen molar-refractivity contribution in [1.82, 2.24) is 10.6 Å². The van der Waals surface area contributed by atoms with E-state index in [0.29, 0.717) is 24.2 Å². The third-order valence-corrected chi connectivity index (χ3v) is 3.94. The second-order valence-corrected chi connectivity index (χ2v) is 8.56. The topological polar surface area (TPSA) is 117 Å². The van der Waals surface area contributed by atoms with Gasteiger partial charge in [0.25, 0.3) is 4.98 Å². The molecule has 1 aliphatic rings. The van der Waals surface area contributed by atoms with Gasteiger partial charge < -0.3 is 14.6 Å². The molecule has 156 valence electrons. The van der Waals surface area contributed by atoms with Gasteiger partial charge in [0.1, 0.15) is 18.8 Å². The molecule has 27 heavy (non-hydrogen) atoms. The molecular formula is C17H32N3O7+. The number of nitrogens with one attached hydrogen (secondary N) is 1. The van der Waals surface area contributed by atoms with Crippen molar-refractivity contribution in [3.05, 3.63) is 4.91 Å². The maximum atomic E-state index is 12.4. The Morgan fingerprint density at radius 2 is 1.81 bits per heavy atom. The van der Waals surface area contributed by atoms with Crippen LogP contribution in [0.1, 0.15) is 60.8 Å². The highest BCUT2D eigenvalue weighted by molar-refractivity contribution is 5.70. The molecule has 1 fully saturated rings. The number of aliphatic carboxylic acids is 1. The van der Waals surface area contributed by atoms with E-state index in [2.05, 4.69) is 5.59 Å². The van der Waals surface area contributed by atoms with Gasteiger partial charge in [-0.25, -0.2) is 9.63 Å². The monoisotopic (exact) mass is 390 g/mol. The quantitative estimate of drug-likeness (QED) is 0.366. The number of hydrogen-bond donors (Lipinski definition) is 2. The van der Waals surface area contributed by atoms with E-state index in [9.17, 15) is 14.5 Å². The van der Waals surface area contributed by atoms with E-state index in [1.165, 1.54) is 5.01 Å². The van der Waals surface area contributed by atoms with Crippen LogP contribution in [-0.4, -0.2) is 57.6 Å². The molecule has 0 spiro atoms. The van der Waals surface area contributed by atoms with Crippen molar-refractivity contribution in [2.24, 2.45) is 5.92 Å². The summed E-state index contributed by atoms with van der Waals surface area (Å²) in [6, 6.07) is 0. The number of hydrogen-bond acceptors (Lipinski definition) is 6. The molecule has 0 unspecified atom stereocenters. The van der Waals surface area contributed by atoms with Gasteiger partial charge in [-0.1, -0.05) is 0 Å². The van der Waals surface area contributed by atoms with Gasteiger partial charge in [-0.3, -0.25) is 4.79 Å². The highest BCUT2D eigenvalue weighted by Gasteiger charge is 2.36. The second kappa shape index (κ2) is 9.20. The van der Waals surface area contributed by atoms with Crippen molar-refractivity contribution in [2.45, 2.75) is 78.0 Å². The Bertz CT molecular complexity index is 540. The molecule has 0 amide bonds. The molecule has 0 aromatic carbocycles. The summed E-state index contributed by atoms with van der Waals surface area (Å²) in [7, 11) is 0. The van der Waals surface area contributed by atoms with Crippen LogP contribution in [0.2, 0.25) is 0 Å². The zero-order valence-electron chi connectivity index (χ0n) is 17.0. The Balaban J connectivity index is 2.48. The van der Waals surface area contributed by atoms with Gasteiger partial charge in [0.2, 0.25) is 0 Å². The summed E-state index contributed by atoms with van der Waals surface area (Å²) in [4.78, 5) is 40.7. The standard InChI is InChI=1S/C17H31N3O7/c1-16(2,3)19(9-10-25-15(23)26-17(4,5)6)20(24)18-27-13-8-7-12(11-13)14(21)22/h12-13H,7-11H2,1-6H3,(H-,18,21,22,24)/p+1/t12-,13+/m0/s1. The molecule has 10 heteroatoms. The lowest BCUT2D eigenvalue weighted by atomic mass is 10.1. The maximum Gasteiger partial charge on any atom is 0.508 e. The lowest BCUT2D eigenvalue weighted by molar-refractivity contribution is -0.801. The molecule has 2 N–H and O–H groups in total. The molecule has 0 aromatic rings. The molecule has 10 nitrogen and oxygen atoms in total. The Hall–Kier alpha value is -2.10. The van der Waals surface area contributed by atoms with E-state index < -0.39 is 29.2 Å². The summed E-state index contributed by atoms with van der Waals surface area (Å²) < 4.78 is 10.1. The van der Waals surface area contributed by atoms with E-state index in [4.69, 9.17) is 19.4 Å². The lowest BCUT2D eigenvalue weighted by Crippen LogP contribution is -2.53. The third-order valence-electron chi connectivity index (χ3n) is 3.94. The fourth-order valence-electron chi connectivity index (χ4n) is 2.63. The summed E-state index contributed by atoms with van der Waals surface area (Å²) in [6.07, 6.45) is 0.293. The van der Waals surface area contributed by atoms with Crippen LogP contribution >= 0.6 is 0 Å². The average Bonchev–Trinajstić information content (AvgIpc) is 2.95.